The summed E-state index contributed by atoms with van der Waals surface area (Å²) in [5.41, 5.74) is 5.36. The van der Waals surface area contributed by atoms with E-state index in [-0.39, 0.29) is 0 Å². The van der Waals surface area contributed by atoms with Crippen molar-refractivity contribution >= 4 is 23.8 Å². The zero-order chi connectivity index (χ0) is 16.4. The maximum atomic E-state index is 2.35. The van der Waals surface area contributed by atoms with Gasteiger partial charge in [-0.3, -0.25) is 0 Å². The van der Waals surface area contributed by atoms with Gasteiger partial charge in [0.15, 0.2) is 0 Å². The molecule has 0 aliphatic rings. The minimum absolute atomic E-state index is 0.511. The van der Waals surface area contributed by atoms with Crippen LogP contribution >= 0.6 is 7.92 Å². The Kier molecular flexibility index (Phi) is 4.64. The van der Waals surface area contributed by atoms with Crippen LogP contribution < -0.4 is 15.9 Å². The van der Waals surface area contributed by atoms with Gasteiger partial charge in [-0.15, -0.1) is 0 Å². The normalized spacial score (nSPS) is 11.0. The third-order valence-corrected chi connectivity index (χ3v) is 6.31. The molecule has 0 aliphatic carbocycles. The molecule has 0 unspecified atom stereocenters. The second-order valence-electron chi connectivity index (χ2n) is 6.36. The molecular formula is C22H23P. The van der Waals surface area contributed by atoms with Crippen molar-refractivity contribution in [1.29, 1.82) is 0 Å². The van der Waals surface area contributed by atoms with Gasteiger partial charge in [-0.2, -0.15) is 0 Å². The lowest BCUT2D eigenvalue weighted by molar-refractivity contribution is 1.40. The summed E-state index contributed by atoms with van der Waals surface area (Å²) in [6.45, 7) is 8.76. The van der Waals surface area contributed by atoms with Gasteiger partial charge in [-0.05, 0) is 51.5 Å². The van der Waals surface area contributed by atoms with Crippen molar-refractivity contribution in [2.24, 2.45) is 0 Å². The average Bonchev–Trinajstić information content (AvgIpc) is 2.46. The molecule has 0 saturated heterocycles. The lowest BCUT2D eigenvalue weighted by atomic mass is 10.2. The summed E-state index contributed by atoms with van der Waals surface area (Å²) in [5, 5.41) is 4.29. The van der Waals surface area contributed by atoms with Crippen LogP contribution in [0.5, 0.6) is 0 Å². The topological polar surface area (TPSA) is 0 Å². The molecule has 0 amide bonds. The number of benzene rings is 3. The summed E-state index contributed by atoms with van der Waals surface area (Å²) in [7, 11) is -0.511. The van der Waals surface area contributed by atoms with E-state index in [0.717, 1.165) is 0 Å². The molecule has 0 atom stereocenters. The molecular weight excluding hydrogens is 295 g/mol. The Hall–Kier alpha value is -1.91. The molecule has 1 heteroatoms. The number of hydrogen-bond donors (Lipinski definition) is 0. The minimum atomic E-state index is -0.511. The fraction of sp³-hybridized carbons (Fsp3) is 0.182. The predicted molar refractivity (Wildman–Crippen MR) is 104 cm³/mol. The Morgan fingerprint density at radius 2 is 0.870 bits per heavy atom. The summed E-state index contributed by atoms with van der Waals surface area (Å²) >= 11 is 0. The van der Waals surface area contributed by atoms with E-state index in [0.29, 0.717) is 0 Å². The van der Waals surface area contributed by atoms with Crippen LogP contribution in [0, 0.1) is 27.7 Å². The largest absolute Gasteiger partial charge is 0.0622 e. The Balaban J connectivity index is 2.22. The third-order valence-electron chi connectivity index (χ3n) is 3.94. The molecule has 116 valence electrons. The first-order valence-electron chi connectivity index (χ1n) is 8.05. The predicted octanol–water partition coefficient (Wildman–Crippen LogP) is 4.68. The molecule has 0 bridgehead atoms. The molecule has 0 spiro atoms. The molecule has 0 aromatic heterocycles. The minimum Gasteiger partial charge on any atom is -0.0622 e. The van der Waals surface area contributed by atoms with E-state index >= 15 is 0 Å². The second-order valence-corrected chi connectivity index (χ2v) is 8.58. The van der Waals surface area contributed by atoms with Crippen molar-refractivity contribution in [3.63, 3.8) is 0 Å². The van der Waals surface area contributed by atoms with Crippen LogP contribution in [0.4, 0.5) is 0 Å². The van der Waals surface area contributed by atoms with Crippen LogP contribution in [0.25, 0.3) is 0 Å². The van der Waals surface area contributed by atoms with E-state index in [1.165, 1.54) is 38.2 Å². The molecule has 3 rings (SSSR count). The van der Waals surface area contributed by atoms with Crippen molar-refractivity contribution in [3.8, 4) is 0 Å². The van der Waals surface area contributed by atoms with Crippen LogP contribution in [0.1, 0.15) is 22.3 Å². The standard InChI is InChI=1S/C22H23P/c1-16-10-17(2)13-21(12-16)23(20-8-6-5-7-9-20)22-14-18(3)11-19(4)15-22/h5-15H,1-4H3. The summed E-state index contributed by atoms with van der Waals surface area (Å²) < 4.78 is 0. The van der Waals surface area contributed by atoms with E-state index in [1.54, 1.807) is 0 Å². The summed E-state index contributed by atoms with van der Waals surface area (Å²) in [4.78, 5) is 0. The van der Waals surface area contributed by atoms with Crippen LogP contribution in [-0.2, 0) is 0 Å². The van der Waals surface area contributed by atoms with Crippen LogP contribution in [0.15, 0.2) is 66.7 Å². The van der Waals surface area contributed by atoms with Crippen molar-refractivity contribution < 1.29 is 0 Å². The molecule has 3 aromatic rings. The number of rotatable bonds is 3. The lowest BCUT2D eigenvalue weighted by Gasteiger charge is -2.21. The van der Waals surface area contributed by atoms with Gasteiger partial charge in [-0.25, -0.2) is 0 Å². The highest BCUT2D eigenvalue weighted by molar-refractivity contribution is 7.79. The van der Waals surface area contributed by atoms with Gasteiger partial charge in [0.1, 0.15) is 0 Å². The molecule has 3 aromatic carbocycles. The van der Waals surface area contributed by atoms with Crippen molar-refractivity contribution in [2.45, 2.75) is 27.7 Å². The maximum Gasteiger partial charge on any atom is -0.0134 e. The van der Waals surface area contributed by atoms with E-state index in [4.69, 9.17) is 0 Å². The monoisotopic (exact) mass is 318 g/mol. The molecule has 0 radical (unpaired) electrons. The Morgan fingerprint density at radius 1 is 0.478 bits per heavy atom. The van der Waals surface area contributed by atoms with Crippen molar-refractivity contribution in [1.82, 2.24) is 0 Å². The van der Waals surface area contributed by atoms with Gasteiger partial charge >= 0.3 is 0 Å². The van der Waals surface area contributed by atoms with Crippen LogP contribution in [0.3, 0.4) is 0 Å². The molecule has 0 nitrogen and oxygen atoms in total. The smallest absolute Gasteiger partial charge is 0.0134 e. The Morgan fingerprint density at radius 3 is 1.26 bits per heavy atom. The van der Waals surface area contributed by atoms with Gasteiger partial charge in [-0.1, -0.05) is 89.0 Å². The second kappa shape index (κ2) is 6.69. The first-order valence-corrected chi connectivity index (χ1v) is 9.39. The summed E-state index contributed by atoms with van der Waals surface area (Å²) in [6.07, 6.45) is 0. The highest BCUT2D eigenvalue weighted by Crippen LogP contribution is 2.34. The zero-order valence-corrected chi connectivity index (χ0v) is 15.2. The lowest BCUT2D eigenvalue weighted by Crippen LogP contribution is -2.21. The third kappa shape index (κ3) is 3.71. The average molecular weight is 318 g/mol. The fourth-order valence-electron chi connectivity index (χ4n) is 3.18. The van der Waals surface area contributed by atoms with Crippen molar-refractivity contribution in [3.05, 3.63) is 89.0 Å². The number of hydrogen-bond acceptors (Lipinski definition) is 0. The molecule has 0 saturated carbocycles. The van der Waals surface area contributed by atoms with E-state index in [2.05, 4.69) is 94.4 Å². The quantitative estimate of drug-likeness (QED) is 0.615. The van der Waals surface area contributed by atoms with E-state index in [1.807, 2.05) is 0 Å². The molecule has 23 heavy (non-hydrogen) atoms. The first-order chi connectivity index (χ1) is 11.0. The maximum absolute atomic E-state index is 2.35. The molecule has 0 fully saturated rings. The molecule has 0 heterocycles. The van der Waals surface area contributed by atoms with Gasteiger partial charge in [0.05, 0.1) is 0 Å². The van der Waals surface area contributed by atoms with Gasteiger partial charge in [0, 0.05) is 0 Å². The highest BCUT2D eigenvalue weighted by atomic mass is 31.1. The Labute approximate surface area is 141 Å². The van der Waals surface area contributed by atoms with E-state index in [9.17, 15) is 0 Å². The zero-order valence-electron chi connectivity index (χ0n) is 14.3. The first kappa shape index (κ1) is 16.0. The fourth-order valence-corrected chi connectivity index (χ4v) is 5.88. The van der Waals surface area contributed by atoms with Crippen molar-refractivity contribution in [2.75, 3.05) is 0 Å². The summed E-state index contributed by atoms with van der Waals surface area (Å²) in [5.74, 6) is 0. The van der Waals surface area contributed by atoms with Crippen LogP contribution in [-0.4, -0.2) is 0 Å². The highest BCUT2D eigenvalue weighted by Gasteiger charge is 2.17. The van der Waals surface area contributed by atoms with Gasteiger partial charge in [0.25, 0.3) is 0 Å². The SMILES string of the molecule is Cc1cc(C)cc(P(c2ccccc2)c2cc(C)cc(C)c2)c1. The van der Waals surface area contributed by atoms with Crippen LogP contribution in [0.2, 0.25) is 0 Å². The molecule has 0 N–H and O–H groups in total. The van der Waals surface area contributed by atoms with Gasteiger partial charge in [0.2, 0.25) is 0 Å². The Bertz CT molecular complexity index is 727. The van der Waals surface area contributed by atoms with E-state index < -0.39 is 7.92 Å². The summed E-state index contributed by atoms with van der Waals surface area (Å²) in [6, 6.07) is 24.8. The van der Waals surface area contributed by atoms with Gasteiger partial charge < -0.3 is 0 Å². The number of aryl methyl sites for hydroxylation is 4. The molecule has 0 aliphatic heterocycles.